The summed E-state index contributed by atoms with van der Waals surface area (Å²) in [4.78, 5) is 0. The predicted octanol–water partition coefficient (Wildman–Crippen LogP) is 5.11. The zero-order chi connectivity index (χ0) is 13.3. The fraction of sp³-hybridized carbons (Fsp3) is 0.222. The SMILES string of the molecule is CCCC[Se]/C(=C\c1ccccc1)c1ccccc1. The molecule has 0 saturated heterocycles. The van der Waals surface area contributed by atoms with Crippen molar-refractivity contribution in [2.75, 3.05) is 0 Å². The van der Waals surface area contributed by atoms with E-state index in [2.05, 4.69) is 73.7 Å². The summed E-state index contributed by atoms with van der Waals surface area (Å²) in [6.45, 7) is 2.26. The molecule has 0 saturated carbocycles. The second-order valence-corrected chi connectivity index (χ2v) is 6.87. The summed E-state index contributed by atoms with van der Waals surface area (Å²) in [6.07, 6.45) is 4.97. The van der Waals surface area contributed by atoms with Crippen LogP contribution in [0.25, 0.3) is 10.5 Å². The number of benzene rings is 2. The molecular formula is C18H20Se. The summed E-state index contributed by atoms with van der Waals surface area (Å²) in [5.41, 5.74) is 2.68. The number of hydrogen-bond donors (Lipinski definition) is 0. The van der Waals surface area contributed by atoms with Crippen molar-refractivity contribution < 1.29 is 0 Å². The normalized spacial score (nSPS) is 11.5. The number of hydrogen-bond acceptors (Lipinski definition) is 0. The van der Waals surface area contributed by atoms with Crippen LogP contribution in [0, 0.1) is 0 Å². The van der Waals surface area contributed by atoms with Gasteiger partial charge in [-0.05, 0) is 0 Å². The number of rotatable bonds is 6. The van der Waals surface area contributed by atoms with E-state index in [0.29, 0.717) is 15.0 Å². The van der Waals surface area contributed by atoms with Crippen molar-refractivity contribution in [2.45, 2.75) is 25.1 Å². The molecule has 0 bridgehead atoms. The van der Waals surface area contributed by atoms with Crippen molar-refractivity contribution in [1.29, 1.82) is 0 Å². The van der Waals surface area contributed by atoms with Crippen molar-refractivity contribution in [3.05, 3.63) is 71.8 Å². The van der Waals surface area contributed by atoms with E-state index in [1.54, 1.807) is 0 Å². The fourth-order valence-electron chi connectivity index (χ4n) is 1.84. The van der Waals surface area contributed by atoms with Crippen LogP contribution in [0.1, 0.15) is 30.9 Å². The van der Waals surface area contributed by atoms with Gasteiger partial charge in [0.25, 0.3) is 0 Å². The van der Waals surface area contributed by atoms with Gasteiger partial charge in [-0.15, -0.1) is 0 Å². The Morgan fingerprint density at radius 1 is 0.947 bits per heavy atom. The summed E-state index contributed by atoms with van der Waals surface area (Å²) >= 11 is 0.563. The van der Waals surface area contributed by atoms with Crippen LogP contribution in [0.2, 0.25) is 5.32 Å². The van der Waals surface area contributed by atoms with Gasteiger partial charge < -0.3 is 0 Å². The molecule has 0 aliphatic rings. The summed E-state index contributed by atoms with van der Waals surface area (Å²) in [7, 11) is 0. The van der Waals surface area contributed by atoms with Crippen molar-refractivity contribution >= 4 is 25.5 Å². The van der Waals surface area contributed by atoms with E-state index in [0.717, 1.165) is 0 Å². The summed E-state index contributed by atoms with van der Waals surface area (Å²) in [5, 5.41) is 1.33. The standard InChI is InChI=1S/C18H20Se/c1-2-3-14-19-18(17-12-8-5-9-13-17)15-16-10-6-4-7-11-16/h4-13,15H,2-3,14H2,1H3/b18-15-. The number of unbranched alkanes of at least 4 members (excludes halogenated alkanes) is 1. The van der Waals surface area contributed by atoms with Crippen LogP contribution in [0.4, 0.5) is 0 Å². The van der Waals surface area contributed by atoms with Gasteiger partial charge in [-0.25, -0.2) is 0 Å². The van der Waals surface area contributed by atoms with Crippen molar-refractivity contribution in [3.8, 4) is 0 Å². The Bertz CT molecular complexity index is 500. The Kier molecular flexibility index (Phi) is 5.93. The predicted molar refractivity (Wildman–Crippen MR) is 86.2 cm³/mol. The van der Waals surface area contributed by atoms with E-state index in [4.69, 9.17) is 0 Å². The second-order valence-electron chi connectivity index (χ2n) is 4.49. The van der Waals surface area contributed by atoms with Gasteiger partial charge in [0.15, 0.2) is 0 Å². The van der Waals surface area contributed by atoms with Gasteiger partial charge in [0.1, 0.15) is 0 Å². The minimum absolute atomic E-state index is 0.563. The third-order valence-corrected chi connectivity index (χ3v) is 5.34. The van der Waals surface area contributed by atoms with Gasteiger partial charge >= 0.3 is 122 Å². The third kappa shape index (κ3) is 4.70. The van der Waals surface area contributed by atoms with Crippen LogP contribution in [0.3, 0.4) is 0 Å². The molecule has 0 amide bonds. The molecule has 0 radical (unpaired) electrons. The molecule has 2 aromatic rings. The first kappa shape index (κ1) is 14.1. The molecule has 2 aromatic carbocycles. The first-order valence-electron chi connectivity index (χ1n) is 6.85. The topological polar surface area (TPSA) is 0 Å². The zero-order valence-corrected chi connectivity index (χ0v) is 13.1. The first-order valence-corrected chi connectivity index (χ1v) is 8.92. The minimum atomic E-state index is 0.563. The molecule has 19 heavy (non-hydrogen) atoms. The van der Waals surface area contributed by atoms with Crippen molar-refractivity contribution in [1.82, 2.24) is 0 Å². The molecule has 1 heteroatoms. The van der Waals surface area contributed by atoms with E-state index in [1.807, 2.05) is 0 Å². The van der Waals surface area contributed by atoms with Gasteiger partial charge in [0.2, 0.25) is 0 Å². The van der Waals surface area contributed by atoms with Crippen LogP contribution in [-0.4, -0.2) is 15.0 Å². The molecule has 0 fully saturated rings. The zero-order valence-electron chi connectivity index (χ0n) is 11.4. The molecule has 0 N–H and O–H groups in total. The van der Waals surface area contributed by atoms with Crippen molar-refractivity contribution in [2.24, 2.45) is 0 Å². The Morgan fingerprint density at radius 3 is 2.21 bits per heavy atom. The van der Waals surface area contributed by atoms with Crippen LogP contribution in [0.15, 0.2) is 60.7 Å². The van der Waals surface area contributed by atoms with Crippen LogP contribution in [0.5, 0.6) is 0 Å². The Balaban J connectivity index is 2.22. The maximum atomic E-state index is 2.35. The van der Waals surface area contributed by atoms with Crippen LogP contribution >= 0.6 is 0 Å². The second kappa shape index (κ2) is 7.99. The molecule has 2 rings (SSSR count). The average molecular weight is 315 g/mol. The fourth-order valence-corrected chi connectivity index (χ4v) is 4.30. The van der Waals surface area contributed by atoms with E-state index in [9.17, 15) is 0 Å². The van der Waals surface area contributed by atoms with Crippen LogP contribution in [-0.2, 0) is 0 Å². The Labute approximate surface area is 122 Å². The molecule has 98 valence electrons. The molecule has 0 heterocycles. The van der Waals surface area contributed by atoms with E-state index in [1.165, 1.54) is 33.8 Å². The molecular weight excluding hydrogens is 295 g/mol. The third-order valence-electron chi connectivity index (χ3n) is 2.91. The molecule has 0 unspecified atom stereocenters. The Hall–Kier alpha value is -1.30. The van der Waals surface area contributed by atoms with Crippen LogP contribution < -0.4 is 0 Å². The van der Waals surface area contributed by atoms with E-state index >= 15 is 0 Å². The molecule has 0 aromatic heterocycles. The quantitative estimate of drug-likeness (QED) is 0.395. The average Bonchev–Trinajstić information content (AvgIpc) is 2.48. The molecule has 0 spiro atoms. The molecule has 0 aliphatic carbocycles. The van der Waals surface area contributed by atoms with Gasteiger partial charge in [-0.2, -0.15) is 0 Å². The van der Waals surface area contributed by atoms with Crippen molar-refractivity contribution in [3.63, 3.8) is 0 Å². The first-order chi connectivity index (χ1) is 9.40. The summed E-state index contributed by atoms with van der Waals surface area (Å²) in [6, 6.07) is 21.4. The molecule has 0 atom stereocenters. The van der Waals surface area contributed by atoms with Gasteiger partial charge in [0, 0.05) is 0 Å². The van der Waals surface area contributed by atoms with Gasteiger partial charge in [-0.3, -0.25) is 0 Å². The van der Waals surface area contributed by atoms with Gasteiger partial charge in [0.05, 0.1) is 0 Å². The summed E-state index contributed by atoms with van der Waals surface area (Å²) < 4.78 is 1.51. The van der Waals surface area contributed by atoms with E-state index < -0.39 is 0 Å². The maximum absolute atomic E-state index is 2.35. The molecule has 0 aliphatic heterocycles. The molecule has 0 nitrogen and oxygen atoms in total. The monoisotopic (exact) mass is 316 g/mol. The van der Waals surface area contributed by atoms with E-state index in [-0.39, 0.29) is 0 Å². The Morgan fingerprint density at radius 2 is 1.58 bits per heavy atom. The summed E-state index contributed by atoms with van der Waals surface area (Å²) in [5.74, 6) is 0. The van der Waals surface area contributed by atoms with Gasteiger partial charge in [-0.1, -0.05) is 0 Å².